The standard InChI is InChI=1S/C31H30N2O2/c1-5-14-26(15-6-1)24-34-32-30(28-18-9-3-10-19-28)22-13-23-31(29-20-11-4-12-21-29)33-35-25-27-16-7-2-8-17-27/h1-12,14-23,32-33H,13,24-25H2. The predicted molar refractivity (Wildman–Crippen MR) is 142 cm³/mol. The number of hydrogen-bond acceptors (Lipinski definition) is 4. The Kier molecular flexibility index (Phi) is 9.30. The molecule has 0 saturated heterocycles. The van der Waals surface area contributed by atoms with Gasteiger partial charge in [-0.15, -0.1) is 0 Å². The lowest BCUT2D eigenvalue weighted by molar-refractivity contribution is 0.0642. The van der Waals surface area contributed by atoms with Crippen LogP contribution in [0.5, 0.6) is 0 Å². The van der Waals surface area contributed by atoms with E-state index in [1.807, 2.05) is 97.1 Å². The minimum atomic E-state index is 0.477. The van der Waals surface area contributed by atoms with Crippen LogP contribution >= 0.6 is 0 Å². The molecule has 4 heteroatoms. The summed E-state index contributed by atoms with van der Waals surface area (Å²) in [6.45, 7) is 0.954. The summed E-state index contributed by atoms with van der Waals surface area (Å²) in [6, 6.07) is 40.6. The van der Waals surface area contributed by atoms with Crippen LogP contribution in [0, 0.1) is 0 Å². The largest absolute Gasteiger partial charge is 0.271 e. The smallest absolute Gasteiger partial charge is 0.0996 e. The number of nitrogens with one attached hydrogen (secondary N) is 2. The van der Waals surface area contributed by atoms with Crippen LogP contribution in [0.3, 0.4) is 0 Å². The molecular weight excluding hydrogens is 432 g/mol. The van der Waals surface area contributed by atoms with Gasteiger partial charge in [0.05, 0.1) is 24.6 Å². The first kappa shape index (κ1) is 24.0. The van der Waals surface area contributed by atoms with Crippen molar-refractivity contribution in [3.63, 3.8) is 0 Å². The first-order valence-corrected chi connectivity index (χ1v) is 11.7. The Bertz CT molecular complexity index is 1090. The monoisotopic (exact) mass is 462 g/mol. The van der Waals surface area contributed by atoms with Crippen molar-refractivity contribution in [2.75, 3.05) is 0 Å². The molecule has 4 aromatic carbocycles. The second kappa shape index (κ2) is 13.6. The molecule has 0 aliphatic carbocycles. The van der Waals surface area contributed by atoms with Crippen molar-refractivity contribution in [2.45, 2.75) is 19.6 Å². The summed E-state index contributed by atoms with van der Waals surface area (Å²) in [4.78, 5) is 11.6. The summed E-state index contributed by atoms with van der Waals surface area (Å²) < 4.78 is 0. The topological polar surface area (TPSA) is 42.5 Å². The van der Waals surface area contributed by atoms with Gasteiger partial charge in [0, 0.05) is 0 Å². The highest BCUT2D eigenvalue weighted by Gasteiger charge is 2.04. The molecule has 4 nitrogen and oxygen atoms in total. The molecule has 0 aromatic heterocycles. The molecule has 0 unspecified atom stereocenters. The molecule has 2 N–H and O–H groups in total. The lowest BCUT2D eigenvalue weighted by atomic mass is 10.1. The Labute approximate surface area is 207 Å². The van der Waals surface area contributed by atoms with Crippen LogP contribution in [0.25, 0.3) is 11.4 Å². The summed E-state index contributed by atoms with van der Waals surface area (Å²) >= 11 is 0. The third kappa shape index (κ3) is 8.00. The predicted octanol–water partition coefficient (Wildman–Crippen LogP) is 6.90. The molecule has 0 spiro atoms. The van der Waals surface area contributed by atoms with Gasteiger partial charge in [0.1, 0.15) is 0 Å². The molecular formula is C31H30N2O2. The highest BCUT2D eigenvalue weighted by Crippen LogP contribution is 2.16. The van der Waals surface area contributed by atoms with Gasteiger partial charge in [-0.3, -0.25) is 20.6 Å². The fourth-order valence-electron chi connectivity index (χ4n) is 3.51. The first-order chi connectivity index (χ1) is 17.4. The van der Waals surface area contributed by atoms with Crippen LogP contribution in [0.4, 0.5) is 0 Å². The van der Waals surface area contributed by atoms with Crippen LogP contribution in [0.1, 0.15) is 28.7 Å². The second-order valence-corrected chi connectivity index (χ2v) is 7.96. The number of hydroxylamine groups is 2. The van der Waals surface area contributed by atoms with Crippen LogP contribution in [-0.2, 0) is 22.9 Å². The number of hydrogen-bond donors (Lipinski definition) is 2. The molecule has 0 bridgehead atoms. The Morgan fingerprint density at radius 1 is 0.486 bits per heavy atom. The van der Waals surface area contributed by atoms with Gasteiger partial charge < -0.3 is 0 Å². The van der Waals surface area contributed by atoms with E-state index in [9.17, 15) is 0 Å². The third-order valence-corrected chi connectivity index (χ3v) is 5.34. The summed E-state index contributed by atoms with van der Waals surface area (Å²) in [6.07, 6.45) is 4.90. The second-order valence-electron chi connectivity index (χ2n) is 7.96. The van der Waals surface area contributed by atoms with E-state index in [4.69, 9.17) is 9.68 Å². The molecule has 0 fully saturated rings. The van der Waals surface area contributed by atoms with E-state index >= 15 is 0 Å². The van der Waals surface area contributed by atoms with Crippen LogP contribution in [0.2, 0.25) is 0 Å². The Balaban J connectivity index is 1.45. The fraction of sp³-hybridized carbons (Fsp3) is 0.0968. The average molecular weight is 463 g/mol. The highest BCUT2D eigenvalue weighted by atomic mass is 16.6. The van der Waals surface area contributed by atoms with Crippen molar-refractivity contribution >= 4 is 11.4 Å². The molecule has 0 atom stereocenters. The van der Waals surface area contributed by atoms with Crippen molar-refractivity contribution < 1.29 is 9.68 Å². The van der Waals surface area contributed by atoms with Gasteiger partial charge in [-0.25, -0.2) is 0 Å². The Morgan fingerprint density at radius 2 is 0.829 bits per heavy atom. The molecule has 0 saturated carbocycles. The van der Waals surface area contributed by atoms with E-state index in [-0.39, 0.29) is 0 Å². The zero-order valence-corrected chi connectivity index (χ0v) is 19.6. The van der Waals surface area contributed by atoms with Crippen LogP contribution in [-0.4, -0.2) is 0 Å². The zero-order chi connectivity index (χ0) is 24.0. The lowest BCUT2D eigenvalue weighted by Crippen LogP contribution is -2.14. The first-order valence-electron chi connectivity index (χ1n) is 11.7. The van der Waals surface area contributed by atoms with Crippen molar-refractivity contribution in [1.82, 2.24) is 11.0 Å². The highest BCUT2D eigenvalue weighted by molar-refractivity contribution is 5.66. The average Bonchev–Trinajstić information content (AvgIpc) is 2.93. The SMILES string of the molecule is C(CC=C(NOCc1ccccc1)c1ccccc1)=C(NOCc1ccccc1)c1ccccc1. The Morgan fingerprint density at radius 3 is 1.20 bits per heavy atom. The van der Waals surface area contributed by atoms with Gasteiger partial charge in [-0.2, -0.15) is 0 Å². The molecule has 0 aliphatic heterocycles. The lowest BCUT2D eigenvalue weighted by Gasteiger charge is -2.13. The van der Waals surface area contributed by atoms with E-state index in [2.05, 4.69) is 47.4 Å². The molecule has 0 heterocycles. The van der Waals surface area contributed by atoms with E-state index in [1.165, 1.54) is 0 Å². The maximum Gasteiger partial charge on any atom is 0.0996 e. The maximum absolute atomic E-state index is 5.81. The van der Waals surface area contributed by atoms with Crippen molar-refractivity contribution in [1.29, 1.82) is 0 Å². The molecule has 4 rings (SSSR count). The van der Waals surface area contributed by atoms with Crippen LogP contribution in [0.15, 0.2) is 133 Å². The van der Waals surface area contributed by atoms with Crippen molar-refractivity contribution in [3.05, 3.63) is 156 Å². The molecule has 0 radical (unpaired) electrons. The van der Waals surface area contributed by atoms with Crippen molar-refractivity contribution in [2.24, 2.45) is 0 Å². The van der Waals surface area contributed by atoms with E-state index in [0.29, 0.717) is 19.6 Å². The zero-order valence-electron chi connectivity index (χ0n) is 19.6. The molecule has 0 amide bonds. The van der Waals surface area contributed by atoms with Crippen molar-refractivity contribution in [3.8, 4) is 0 Å². The van der Waals surface area contributed by atoms with Gasteiger partial charge >= 0.3 is 0 Å². The normalized spacial score (nSPS) is 11.8. The third-order valence-electron chi connectivity index (χ3n) is 5.34. The molecule has 176 valence electrons. The van der Waals surface area contributed by atoms with E-state index < -0.39 is 0 Å². The maximum atomic E-state index is 5.81. The molecule has 35 heavy (non-hydrogen) atoms. The quantitative estimate of drug-likeness (QED) is 0.225. The minimum Gasteiger partial charge on any atom is -0.271 e. The van der Waals surface area contributed by atoms with Gasteiger partial charge in [0.15, 0.2) is 0 Å². The summed E-state index contributed by atoms with van der Waals surface area (Å²) in [5, 5.41) is 0. The van der Waals surface area contributed by atoms with E-state index in [1.54, 1.807) is 0 Å². The molecule has 4 aromatic rings. The Hall–Kier alpha value is -4.12. The van der Waals surface area contributed by atoms with Crippen LogP contribution < -0.4 is 11.0 Å². The van der Waals surface area contributed by atoms with Gasteiger partial charge in [0.25, 0.3) is 0 Å². The number of allylic oxidation sites excluding steroid dienone is 2. The van der Waals surface area contributed by atoms with Gasteiger partial charge in [-0.1, -0.05) is 133 Å². The van der Waals surface area contributed by atoms with Gasteiger partial charge in [-0.05, 0) is 28.7 Å². The van der Waals surface area contributed by atoms with Gasteiger partial charge in [0.2, 0.25) is 0 Å². The summed E-state index contributed by atoms with van der Waals surface area (Å²) in [5.74, 6) is 0. The number of benzene rings is 4. The molecule has 0 aliphatic rings. The minimum absolute atomic E-state index is 0.477. The number of rotatable bonds is 12. The summed E-state index contributed by atoms with van der Waals surface area (Å²) in [5.41, 5.74) is 12.4. The van der Waals surface area contributed by atoms with E-state index in [0.717, 1.165) is 33.6 Å². The fourth-order valence-corrected chi connectivity index (χ4v) is 3.51. The summed E-state index contributed by atoms with van der Waals surface area (Å²) in [7, 11) is 0.